The molecule has 0 bridgehead atoms. The van der Waals surface area contributed by atoms with Crippen molar-refractivity contribution in [2.24, 2.45) is 0 Å². The van der Waals surface area contributed by atoms with Crippen molar-refractivity contribution in [3.63, 3.8) is 0 Å². The Labute approximate surface area is 133 Å². The molecule has 0 fully saturated rings. The number of nitrogen functional groups attached to an aromatic ring is 1. The predicted octanol–water partition coefficient (Wildman–Crippen LogP) is 5.15. The van der Waals surface area contributed by atoms with E-state index in [1.165, 1.54) is 12.1 Å². The van der Waals surface area contributed by atoms with Crippen molar-refractivity contribution in [2.45, 2.75) is 0 Å². The van der Waals surface area contributed by atoms with Crippen molar-refractivity contribution in [3.05, 3.63) is 57.8 Å². The van der Waals surface area contributed by atoms with Crippen LogP contribution < -0.4 is 5.73 Å². The average molecular weight is 368 g/mol. The minimum atomic E-state index is -0.350. The number of nitrogens with zero attached hydrogens (tertiary/aromatic N) is 1. The minimum absolute atomic E-state index is 0.231. The smallest absolute Gasteiger partial charge is 0.178 e. The average Bonchev–Trinajstić information content (AvgIpc) is 2.81. The molecule has 0 unspecified atom stereocenters. The van der Waals surface area contributed by atoms with E-state index in [1.54, 1.807) is 12.1 Å². The van der Waals surface area contributed by atoms with Crippen LogP contribution in [0.5, 0.6) is 0 Å². The van der Waals surface area contributed by atoms with Crippen LogP contribution in [0.3, 0.4) is 0 Å². The maximum Gasteiger partial charge on any atom is 0.178 e. The topological polar surface area (TPSA) is 52.0 Å². The number of nitrogens with two attached hydrogens (primary N) is 1. The quantitative estimate of drug-likeness (QED) is 0.682. The third-order valence-electron chi connectivity index (χ3n) is 3.04. The van der Waals surface area contributed by atoms with E-state index in [4.69, 9.17) is 21.9 Å². The molecule has 0 aliphatic heterocycles. The SMILES string of the molecule is Nc1noc(-c2ccc(F)cc2Br)c1-c1ccccc1Cl. The van der Waals surface area contributed by atoms with Gasteiger partial charge in [0.05, 0.1) is 5.56 Å². The molecule has 0 saturated carbocycles. The van der Waals surface area contributed by atoms with Crippen molar-refractivity contribution < 1.29 is 8.91 Å². The molecular weight excluding hydrogens is 359 g/mol. The van der Waals surface area contributed by atoms with Gasteiger partial charge in [-0.1, -0.05) is 35.0 Å². The Morgan fingerprint density at radius 2 is 1.90 bits per heavy atom. The summed E-state index contributed by atoms with van der Waals surface area (Å²) < 4.78 is 19.1. The zero-order valence-corrected chi connectivity index (χ0v) is 13.0. The van der Waals surface area contributed by atoms with Gasteiger partial charge in [0.25, 0.3) is 0 Å². The van der Waals surface area contributed by atoms with E-state index in [0.717, 1.165) is 0 Å². The number of anilines is 1. The Hall–Kier alpha value is -1.85. The molecule has 0 aliphatic carbocycles. The van der Waals surface area contributed by atoms with Crippen molar-refractivity contribution in [1.82, 2.24) is 5.16 Å². The number of benzene rings is 2. The molecular formula is C15H9BrClFN2O. The van der Waals surface area contributed by atoms with E-state index < -0.39 is 0 Å². The van der Waals surface area contributed by atoms with Crippen molar-refractivity contribution in [2.75, 3.05) is 5.73 Å². The maximum absolute atomic E-state index is 13.2. The van der Waals surface area contributed by atoms with Gasteiger partial charge >= 0.3 is 0 Å². The molecule has 0 saturated heterocycles. The normalized spacial score (nSPS) is 10.8. The molecule has 3 aromatic rings. The molecule has 0 atom stereocenters. The number of hydrogen-bond acceptors (Lipinski definition) is 3. The van der Waals surface area contributed by atoms with E-state index in [9.17, 15) is 4.39 Å². The highest BCUT2D eigenvalue weighted by Crippen LogP contribution is 2.41. The molecule has 1 heterocycles. The number of aromatic nitrogens is 1. The highest BCUT2D eigenvalue weighted by molar-refractivity contribution is 9.10. The summed E-state index contributed by atoms with van der Waals surface area (Å²) in [6.45, 7) is 0. The van der Waals surface area contributed by atoms with Gasteiger partial charge in [0.15, 0.2) is 11.6 Å². The Morgan fingerprint density at radius 1 is 1.14 bits per heavy atom. The standard InChI is InChI=1S/C15H9BrClFN2O/c16-11-7-8(18)5-6-9(11)14-13(15(19)20-21-14)10-3-1-2-4-12(10)17/h1-7H,(H2,19,20). The van der Waals surface area contributed by atoms with Gasteiger partial charge < -0.3 is 10.3 Å². The van der Waals surface area contributed by atoms with Crippen molar-refractivity contribution >= 4 is 33.3 Å². The molecule has 0 radical (unpaired) electrons. The number of hydrogen-bond donors (Lipinski definition) is 1. The molecule has 2 aromatic carbocycles. The van der Waals surface area contributed by atoms with Gasteiger partial charge in [-0.3, -0.25) is 0 Å². The van der Waals surface area contributed by atoms with Crippen molar-refractivity contribution in [3.8, 4) is 22.5 Å². The molecule has 21 heavy (non-hydrogen) atoms. The van der Waals surface area contributed by atoms with Crippen LogP contribution in [-0.4, -0.2) is 5.16 Å². The lowest BCUT2D eigenvalue weighted by molar-refractivity contribution is 0.436. The first-order chi connectivity index (χ1) is 10.1. The molecule has 3 rings (SSSR count). The zero-order chi connectivity index (χ0) is 15.0. The van der Waals surface area contributed by atoms with E-state index in [1.807, 2.05) is 18.2 Å². The molecule has 0 spiro atoms. The summed E-state index contributed by atoms with van der Waals surface area (Å²) in [5.74, 6) is 0.319. The molecule has 0 aliphatic rings. The molecule has 3 nitrogen and oxygen atoms in total. The monoisotopic (exact) mass is 366 g/mol. The lowest BCUT2D eigenvalue weighted by Crippen LogP contribution is -1.90. The first-order valence-electron chi connectivity index (χ1n) is 6.03. The summed E-state index contributed by atoms with van der Waals surface area (Å²) in [6.07, 6.45) is 0. The summed E-state index contributed by atoms with van der Waals surface area (Å²) in [4.78, 5) is 0. The second-order valence-corrected chi connectivity index (χ2v) is 5.64. The van der Waals surface area contributed by atoms with Crippen LogP contribution in [0.15, 0.2) is 51.5 Å². The molecule has 0 amide bonds. The van der Waals surface area contributed by atoms with Crippen LogP contribution in [0.25, 0.3) is 22.5 Å². The highest BCUT2D eigenvalue weighted by atomic mass is 79.9. The van der Waals surface area contributed by atoms with Gasteiger partial charge in [-0.05, 0) is 40.2 Å². The lowest BCUT2D eigenvalue weighted by Gasteiger charge is -2.06. The summed E-state index contributed by atoms with van der Waals surface area (Å²) in [7, 11) is 0. The van der Waals surface area contributed by atoms with Gasteiger partial charge in [0.2, 0.25) is 0 Å². The van der Waals surface area contributed by atoms with Crippen LogP contribution in [0.2, 0.25) is 5.02 Å². The van der Waals surface area contributed by atoms with Crippen LogP contribution in [0.4, 0.5) is 10.2 Å². The van der Waals surface area contributed by atoms with Crippen LogP contribution in [-0.2, 0) is 0 Å². The summed E-state index contributed by atoms with van der Waals surface area (Å²) in [5.41, 5.74) is 7.86. The van der Waals surface area contributed by atoms with Crippen LogP contribution >= 0.6 is 27.5 Å². The number of rotatable bonds is 2. The van der Waals surface area contributed by atoms with Crippen LogP contribution in [0, 0.1) is 5.82 Å². The fraction of sp³-hybridized carbons (Fsp3) is 0. The first kappa shape index (κ1) is 14.1. The van der Waals surface area contributed by atoms with Crippen molar-refractivity contribution in [1.29, 1.82) is 0 Å². The highest BCUT2D eigenvalue weighted by Gasteiger charge is 2.21. The van der Waals surface area contributed by atoms with E-state index in [0.29, 0.717) is 31.9 Å². The fourth-order valence-corrected chi connectivity index (χ4v) is 2.85. The number of halogens is 3. The lowest BCUT2D eigenvalue weighted by atomic mass is 10.0. The molecule has 2 N–H and O–H groups in total. The second kappa shape index (κ2) is 5.50. The first-order valence-corrected chi connectivity index (χ1v) is 7.20. The van der Waals surface area contributed by atoms with E-state index in [-0.39, 0.29) is 11.6 Å². The van der Waals surface area contributed by atoms with Crippen LogP contribution in [0.1, 0.15) is 0 Å². The molecule has 1 aromatic heterocycles. The Kier molecular flexibility index (Phi) is 3.69. The summed E-state index contributed by atoms with van der Waals surface area (Å²) >= 11 is 9.53. The van der Waals surface area contributed by atoms with E-state index >= 15 is 0 Å². The Morgan fingerprint density at radius 3 is 2.62 bits per heavy atom. The third kappa shape index (κ3) is 2.54. The van der Waals surface area contributed by atoms with Gasteiger partial charge in [0, 0.05) is 20.6 Å². The predicted molar refractivity (Wildman–Crippen MR) is 84.5 cm³/mol. The molecule has 6 heteroatoms. The largest absolute Gasteiger partial charge is 0.380 e. The Balaban J connectivity index is 2.25. The third-order valence-corrected chi connectivity index (χ3v) is 4.02. The van der Waals surface area contributed by atoms with Gasteiger partial charge in [-0.15, -0.1) is 0 Å². The summed E-state index contributed by atoms with van der Waals surface area (Å²) in [6, 6.07) is 11.5. The zero-order valence-electron chi connectivity index (χ0n) is 10.6. The van der Waals surface area contributed by atoms with Gasteiger partial charge in [-0.2, -0.15) is 0 Å². The maximum atomic E-state index is 13.2. The van der Waals surface area contributed by atoms with Gasteiger partial charge in [-0.25, -0.2) is 4.39 Å². The second-order valence-electron chi connectivity index (χ2n) is 4.38. The minimum Gasteiger partial charge on any atom is -0.380 e. The Bertz CT molecular complexity index is 819. The summed E-state index contributed by atoms with van der Waals surface area (Å²) in [5, 5.41) is 4.34. The fourth-order valence-electron chi connectivity index (χ4n) is 2.08. The van der Waals surface area contributed by atoms with E-state index in [2.05, 4.69) is 21.1 Å². The molecule has 106 valence electrons. The van der Waals surface area contributed by atoms with Gasteiger partial charge in [0.1, 0.15) is 5.82 Å².